The molecule has 1 aromatic heterocycles. The van der Waals surface area contributed by atoms with E-state index < -0.39 is 0 Å². The molecule has 0 saturated carbocycles. The lowest BCUT2D eigenvalue weighted by Crippen LogP contribution is -2.11. The van der Waals surface area contributed by atoms with E-state index in [-0.39, 0.29) is 11.7 Å². The van der Waals surface area contributed by atoms with Crippen molar-refractivity contribution in [3.8, 4) is 0 Å². The molecule has 1 heterocycles. The third-order valence-electron chi connectivity index (χ3n) is 1.78. The van der Waals surface area contributed by atoms with Crippen LogP contribution in [0.5, 0.6) is 0 Å². The Morgan fingerprint density at radius 1 is 1.33 bits per heavy atom. The molecule has 2 rings (SSSR count). The Bertz CT molecular complexity index is 468. The highest BCUT2D eigenvalue weighted by Crippen LogP contribution is 2.21. The maximum atomic E-state index is 11.6. The number of carbonyl (C=O) groups excluding carboxylic acids is 1. The Kier molecular flexibility index (Phi) is 2.82. The first-order chi connectivity index (χ1) is 7.27. The van der Waals surface area contributed by atoms with Crippen molar-refractivity contribution in [2.24, 2.45) is 0 Å². The van der Waals surface area contributed by atoms with Gasteiger partial charge >= 0.3 is 0 Å². The number of carbonyl (C=O) groups is 1. The number of nitrogens with one attached hydrogen (secondary N) is 1. The number of rotatable bonds is 2. The maximum Gasteiger partial charge on any atom is 0.294 e. The summed E-state index contributed by atoms with van der Waals surface area (Å²) in [5, 5.41) is 6.15. The van der Waals surface area contributed by atoms with Gasteiger partial charge in [0.15, 0.2) is 0 Å². The van der Waals surface area contributed by atoms with Crippen LogP contribution < -0.4 is 5.32 Å². The van der Waals surface area contributed by atoms with Gasteiger partial charge in [-0.1, -0.05) is 17.3 Å². The van der Waals surface area contributed by atoms with E-state index in [1.54, 1.807) is 6.07 Å². The van der Waals surface area contributed by atoms with Crippen LogP contribution in [-0.4, -0.2) is 11.1 Å². The first-order valence-electron chi connectivity index (χ1n) is 4.24. The van der Waals surface area contributed by atoms with E-state index in [1.807, 2.05) is 18.2 Å². The molecule has 4 nitrogen and oxygen atoms in total. The van der Waals surface area contributed by atoms with E-state index in [0.717, 1.165) is 4.47 Å². The topological polar surface area (TPSA) is 55.1 Å². The minimum Gasteiger partial charge on any atom is -0.351 e. The first-order valence-corrected chi connectivity index (χ1v) is 5.03. The lowest BCUT2D eigenvalue weighted by molar-refractivity contribution is 0.0988. The van der Waals surface area contributed by atoms with E-state index >= 15 is 0 Å². The molecule has 0 radical (unpaired) electrons. The average Bonchev–Trinajstić information content (AvgIpc) is 2.74. The lowest BCUT2D eigenvalue weighted by Gasteiger charge is -2.04. The number of anilines is 1. The van der Waals surface area contributed by atoms with Crippen LogP contribution in [0.2, 0.25) is 0 Å². The van der Waals surface area contributed by atoms with Gasteiger partial charge in [-0.3, -0.25) is 4.79 Å². The number of amides is 1. The number of benzene rings is 1. The molecule has 1 amide bonds. The van der Waals surface area contributed by atoms with Gasteiger partial charge in [0.05, 0.1) is 11.9 Å². The van der Waals surface area contributed by atoms with Crippen molar-refractivity contribution in [2.45, 2.75) is 0 Å². The molecular formula is C10H7BrN2O2. The molecule has 0 atom stereocenters. The fraction of sp³-hybridized carbons (Fsp3) is 0. The molecule has 0 aliphatic rings. The van der Waals surface area contributed by atoms with Crippen LogP contribution in [0.3, 0.4) is 0 Å². The van der Waals surface area contributed by atoms with Gasteiger partial charge < -0.3 is 9.84 Å². The number of para-hydroxylation sites is 1. The highest BCUT2D eigenvalue weighted by molar-refractivity contribution is 9.10. The molecule has 0 fully saturated rings. The van der Waals surface area contributed by atoms with E-state index in [2.05, 4.69) is 26.4 Å². The number of hydrogen-bond acceptors (Lipinski definition) is 3. The first kappa shape index (κ1) is 9.92. The SMILES string of the molecule is O=C(Nc1ccccc1Br)c1ccno1. The molecule has 76 valence electrons. The third kappa shape index (κ3) is 2.24. The zero-order valence-electron chi connectivity index (χ0n) is 7.61. The van der Waals surface area contributed by atoms with Gasteiger partial charge in [0, 0.05) is 10.5 Å². The van der Waals surface area contributed by atoms with Crippen LogP contribution in [0.4, 0.5) is 5.69 Å². The van der Waals surface area contributed by atoms with Crippen LogP contribution in [0.25, 0.3) is 0 Å². The summed E-state index contributed by atoms with van der Waals surface area (Å²) in [7, 11) is 0. The highest BCUT2D eigenvalue weighted by atomic mass is 79.9. The highest BCUT2D eigenvalue weighted by Gasteiger charge is 2.10. The van der Waals surface area contributed by atoms with Gasteiger partial charge in [0.1, 0.15) is 0 Å². The van der Waals surface area contributed by atoms with Crippen molar-refractivity contribution in [2.75, 3.05) is 5.32 Å². The fourth-order valence-electron chi connectivity index (χ4n) is 1.08. The molecule has 1 N–H and O–H groups in total. The molecule has 0 aliphatic carbocycles. The minimum absolute atomic E-state index is 0.186. The fourth-order valence-corrected chi connectivity index (χ4v) is 1.46. The van der Waals surface area contributed by atoms with Crippen molar-refractivity contribution >= 4 is 27.5 Å². The summed E-state index contributed by atoms with van der Waals surface area (Å²) in [5.74, 6) is -0.134. The van der Waals surface area contributed by atoms with Crippen LogP contribution in [0.1, 0.15) is 10.6 Å². The van der Waals surface area contributed by atoms with E-state index in [9.17, 15) is 4.79 Å². The second-order valence-electron chi connectivity index (χ2n) is 2.81. The van der Waals surface area contributed by atoms with E-state index in [1.165, 1.54) is 12.3 Å². The second-order valence-corrected chi connectivity index (χ2v) is 3.66. The predicted octanol–water partition coefficient (Wildman–Crippen LogP) is 2.69. The van der Waals surface area contributed by atoms with Gasteiger partial charge in [-0.15, -0.1) is 0 Å². The van der Waals surface area contributed by atoms with Crippen LogP contribution >= 0.6 is 15.9 Å². The van der Waals surface area contributed by atoms with Crippen LogP contribution in [-0.2, 0) is 0 Å². The number of halogens is 1. The molecule has 2 aromatic rings. The normalized spacial score (nSPS) is 9.93. The third-order valence-corrected chi connectivity index (χ3v) is 2.48. The van der Waals surface area contributed by atoms with Crippen molar-refractivity contribution in [1.29, 1.82) is 0 Å². The molecule has 0 saturated heterocycles. The van der Waals surface area contributed by atoms with Gasteiger partial charge in [-0.05, 0) is 28.1 Å². The van der Waals surface area contributed by atoms with Crippen LogP contribution in [0, 0.1) is 0 Å². The molecule has 15 heavy (non-hydrogen) atoms. The van der Waals surface area contributed by atoms with Crippen molar-refractivity contribution in [3.63, 3.8) is 0 Å². The van der Waals surface area contributed by atoms with E-state index in [0.29, 0.717) is 5.69 Å². The zero-order valence-corrected chi connectivity index (χ0v) is 9.19. The largest absolute Gasteiger partial charge is 0.351 e. The van der Waals surface area contributed by atoms with Crippen molar-refractivity contribution in [3.05, 3.63) is 46.8 Å². The Morgan fingerprint density at radius 2 is 2.13 bits per heavy atom. The summed E-state index contributed by atoms with van der Waals surface area (Å²) in [5.41, 5.74) is 0.693. The standard InChI is InChI=1S/C10H7BrN2O2/c11-7-3-1-2-4-8(7)13-10(14)9-5-6-12-15-9/h1-6H,(H,13,14). The van der Waals surface area contributed by atoms with Gasteiger partial charge in [-0.2, -0.15) is 0 Å². The Labute approximate surface area is 94.4 Å². The number of hydrogen-bond donors (Lipinski definition) is 1. The van der Waals surface area contributed by atoms with Gasteiger partial charge in [0.25, 0.3) is 5.91 Å². The second kappa shape index (κ2) is 4.27. The number of nitrogens with zero attached hydrogens (tertiary/aromatic N) is 1. The zero-order chi connectivity index (χ0) is 10.7. The molecule has 1 aromatic carbocycles. The summed E-state index contributed by atoms with van der Waals surface area (Å²) < 4.78 is 5.55. The Hall–Kier alpha value is -1.62. The Morgan fingerprint density at radius 3 is 2.80 bits per heavy atom. The minimum atomic E-state index is -0.320. The van der Waals surface area contributed by atoms with Crippen molar-refractivity contribution < 1.29 is 9.32 Å². The molecule has 0 aliphatic heterocycles. The predicted molar refractivity (Wildman–Crippen MR) is 58.6 cm³/mol. The van der Waals surface area contributed by atoms with Crippen LogP contribution in [0.15, 0.2) is 45.5 Å². The summed E-state index contributed by atoms with van der Waals surface area (Å²) >= 11 is 3.33. The van der Waals surface area contributed by atoms with Crippen molar-refractivity contribution in [1.82, 2.24) is 5.16 Å². The van der Waals surface area contributed by atoms with Gasteiger partial charge in [-0.25, -0.2) is 0 Å². The molecular weight excluding hydrogens is 260 g/mol. The average molecular weight is 267 g/mol. The smallest absolute Gasteiger partial charge is 0.294 e. The summed E-state index contributed by atoms with van der Waals surface area (Å²) in [6.07, 6.45) is 1.43. The monoisotopic (exact) mass is 266 g/mol. The summed E-state index contributed by atoms with van der Waals surface area (Å²) in [6.45, 7) is 0. The summed E-state index contributed by atoms with van der Waals surface area (Å²) in [6, 6.07) is 8.84. The van der Waals surface area contributed by atoms with E-state index in [4.69, 9.17) is 4.52 Å². The molecule has 0 bridgehead atoms. The molecule has 0 spiro atoms. The number of aromatic nitrogens is 1. The quantitative estimate of drug-likeness (QED) is 0.910. The van der Waals surface area contributed by atoms with Gasteiger partial charge in [0.2, 0.25) is 5.76 Å². The molecule has 5 heteroatoms. The Balaban J connectivity index is 2.17. The lowest BCUT2D eigenvalue weighted by atomic mass is 10.3. The maximum absolute atomic E-state index is 11.6. The summed E-state index contributed by atoms with van der Waals surface area (Å²) in [4.78, 5) is 11.6. The molecule has 0 unspecified atom stereocenters.